The molecule has 0 radical (unpaired) electrons. The van der Waals surface area contributed by atoms with E-state index in [1.165, 1.54) is 0 Å². The molecule has 5 heteroatoms. The van der Waals surface area contributed by atoms with Crippen LogP contribution in [0.4, 0.5) is 5.82 Å². The zero-order valence-corrected chi connectivity index (χ0v) is 14.3. The maximum absolute atomic E-state index is 12.9. The highest BCUT2D eigenvalue weighted by Gasteiger charge is 2.20. The highest BCUT2D eigenvalue weighted by molar-refractivity contribution is 5.99. The molecule has 0 spiro atoms. The minimum atomic E-state index is -0.622. The molecule has 1 aromatic heterocycles. The lowest BCUT2D eigenvalue weighted by molar-refractivity contribution is 0.0526. The first kappa shape index (κ1) is 16.8. The second-order valence-corrected chi connectivity index (χ2v) is 5.81. The van der Waals surface area contributed by atoms with Crippen LogP contribution in [0.3, 0.4) is 0 Å². The molecular formula is C20H20N2O3. The molecule has 0 atom stereocenters. The number of anilines is 1. The molecule has 5 nitrogen and oxygen atoms in total. The van der Waals surface area contributed by atoms with Crippen molar-refractivity contribution in [3.05, 3.63) is 75.4 Å². The number of pyridine rings is 1. The van der Waals surface area contributed by atoms with Gasteiger partial charge in [-0.2, -0.15) is 0 Å². The molecule has 25 heavy (non-hydrogen) atoms. The normalized spacial score (nSPS) is 10.6. The summed E-state index contributed by atoms with van der Waals surface area (Å²) in [7, 11) is 0. The van der Waals surface area contributed by atoms with E-state index in [1.807, 2.05) is 49.4 Å². The van der Waals surface area contributed by atoms with Crippen molar-refractivity contribution in [2.24, 2.45) is 0 Å². The first-order valence-corrected chi connectivity index (χ1v) is 8.21. The van der Waals surface area contributed by atoms with Crippen LogP contribution in [0.2, 0.25) is 0 Å². The average molecular weight is 336 g/mol. The topological polar surface area (TPSA) is 71.2 Å². The Bertz CT molecular complexity index is 962. The SMILES string of the molecule is CCOC(=O)c1c(NCc2ccccc2)[nH]c2ccc(C)cc2c1=O. The molecule has 0 saturated carbocycles. The lowest BCUT2D eigenvalue weighted by Crippen LogP contribution is -2.22. The number of hydrogen-bond acceptors (Lipinski definition) is 4. The number of esters is 1. The molecule has 0 fully saturated rings. The smallest absolute Gasteiger partial charge is 0.345 e. The van der Waals surface area contributed by atoms with Crippen molar-refractivity contribution in [2.75, 3.05) is 11.9 Å². The summed E-state index contributed by atoms with van der Waals surface area (Å²) in [5.41, 5.74) is 2.36. The van der Waals surface area contributed by atoms with E-state index in [4.69, 9.17) is 4.74 Å². The van der Waals surface area contributed by atoms with Crippen molar-refractivity contribution >= 4 is 22.7 Å². The fourth-order valence-electron chi connectivity index (χ4n) is 2.72. The van der Waals surface area contributed by atoms with Crippen molar-refractivity contribution in [3.8, 4) is 0 Å². The standard InChI is InChI=1S/C20H20N2O3/c1-3-25-20(24)17-18(23)15-11-13(2)9-10-16(15)22-19(17)21-12-14-7-5-4-6-8-14/h4-11H,3,12H2,1-2H3,(H2,21,22,23). The van der Waals surface area contributed by atoms with Crippen molar-refractivity contribution in [1.82, 2.24) is 4.98 Å². The van der Waals surface area contributed by atoms with E-state index in [1.54, 1.807) is 13.0 Å². The summed E-state index contributed by atoms with van der Waals surface area (Å²) in [5, 5.41) is 3.64. The van der Waals surface area contributed by atoms with Gasteiger partial charge in [0.25, 0.3) is 0 Å². The zero-order chi connectivity index (χ0) is 17.8. The van der Waals surface area contributed by atoms with Gasteiger partial charge < -0.3 is 15.0 Å². The first-order chi connectivity index (χ1) is 12.1. The number of carbonyl (C=O) groups excluding carboxylic acids is 1. The third kappa shape index (κ3) is 3.55. The number of hydrogen-bond donors (Lipinski definition) is 2. The lowest BCUT2D eigenvalue weighted by atomic mass is 10.1. The van der Waals surface area contributed by atoms with Crippen LogP contribution in [0.15, 0.2) is 53.3 Å². The predicted molar refractivity (Wildman–Crippen MR) is 99.0 cm³/mol. The van der Waals surface area contributed by atoms with Gasteiger partial charge in [0, 0.05) is 11.9 Å². The van der Waals surface area contributed by atoms with E-state index in [2.05, 4.69) is 10.3 Å². The number of rotatable bonds is 5. The van der Waals surface area contributed by atoms with E-state index in [0.29, 0.717) is 23.3 Å². The molecule has 0 bridgehead atoms. The third-order valence-electron chi connectivity index (χ3n) is 3.95. The summed E-state index contributed by atoms with van der Waals surface area (Å²) in [4.78, 5) is 28.4. The fraction of sp³-hybridized carbons (Fsp3) is 0.200. The number of aromatic nitrogens is 1. The molecule has 2 aromatic carbocycles. The number of nitrogens with one attached hydrogen (secondary N) is 2. The van der Waals surface area contributed by atoms with Crippen molar-refractivity contribution in [2.45, 2.75) is 20.4 Å². The van der Waals surface area contributed by atoms with Gasteiger partial charge >= 0.3 is 5.97 Å². The second-order valence-electron chi connectivity index (χ2n) is 5.81. The maximum atomic E-state index is 12.9. The lowest BCUT2D eigenvalue weighted by Gasteiger charge is -2.13. The molecule has 0 saturated heterocycles. The van der Waals surface area contributed by atoms with E-state index in [-0.39, 0.29) is 17.6 Å². The van der Waals surface area contributed by atoms with Crippen LogP contribution in [0.25, 0.3) is 10.9 Å². The Morgan fingerprint density at radius 2 is 1.92 bits per heavy atom. The number of aromatic amines is 1. The monoisotopic (exact) mass is 336 g/mol. The number of ether oxygens (including phenoxy) is 1. The van der Waals surface area contributed by atoms with E-state index in [9.17, 15) is 9.59 Å². The Labute approximate surface area is 145 Å². The zero-order valence-electron chi connectivity index (χ0n) is 14.3. The molecule has 0 aliphatic rings. The summed E-state index contributed by atoms with van der Waals surface area (Å²) in [5.74, 6) is -0.244. The Kier molecular flexibility index (Phi) is 4.84. The number of benzene rings is 2. The molecule has 0 aliphatic heterocycles. The Balaban J connectivity index is 2.08. The summed E-state index contributed by atoms with van der Waals surface area (Å²) >= 11 is 0. The van der Waals surface area contributed by atoms with Gasteiger partial charge in [-0.15, -0.1) is 0 Å². The first-order valence-electron chi connectivity index (χ1n) is 8.21. The van der Waals surface area contributed by atoms with Crippen LogP contribution >= 0.6 is 0 Å². The van der Waals surface area contributed by atoms with E-state index >= 15 is 0 Å². The molecule has 3 rings (SSSR count). The van der Waals surface area contributed by atoms with Crippen LogP contribution < -0.4 is 10.7 Å². The third-order valence-corrected chi connectivity index (χ3v) is 3.95. The molecule has 2 N–H and O–H groups in total. The van der Waals surface area contributed by atoms with E-state index < -0.39 is 5.97 Å². The van der Waals surface area contributed by atoms with Gasteiger partial charge in [0.2, 0.25) is 5.43 Å². The molecule has 0 unspecified atom stereocenters. The summed E-state index contributed by atoms with van der Waals surface area (Å²) in [6.07, 6.45) is 0. The Hall–Kier alpha value is -3.08. The molecule has 1 heterocycles. The summed E-state index contributed by atoms with van der Waals surface area (Å²) in [6.45, 7) is 4.32. The predicted octanol–water partition coefficient (Wildman–Crippen LogP) is 3.63. The summed E-state index contributed by atoms with van der Waals surface area (Å²) in [6, 6.07) is 15.3. The van der Waals surface area contributed by atoms with Crippen LogP contribution in [0.5, 0.6) is 0 Å². The molecular weight excluding hydrogens is 316 g/mol. The van der Waals surface area contributed by atoms with Crippen LogP contribution in [0.1, 0.15) is 28.4 Å². The van der Waals surface area contributed by atoms with Crippen LogP contribution in [-0.4, -0.2) is 17.6 Å². The van der Waals surface area contributed by atoms with Crippen molar-refractivity contribution in [1.29, 1.82) is 0 Å². The average Bonchev–Trinajstić information content (AvgIpc) is 2.61. The highest BCUT2D eigenvalue weighted by Crippen LogP contribution is 2.18. The quantitative estimate of drug-likeness (QED) is 0.698. The number of aryl methyl sites for hydroxylation is 1. The Morgan fingerprint density at radius 1 is 1.16 bits per heavy atom. The molecule has 0 aliphatic carbocycles. The largest absolute Gasteiger partial charge is 0.462 e. The minimum absolute atomic E-state index is 0.0101. The van der Waals surface area contributed by atoms with Gasteiger partial charge in [0.05, 0.1) is 12.1 Å². The van der Waals surface area contributed by atoms with Gasteiger partial charge in [0.1, 0.15) is 11.4 Å². The van der Waals surface area contributed by atoms with Crippen molar-refractivity contribution < 1.29 is 9.53 Å². The van der Waals surface area contributed by atoms with Gasteiger partial charge in [0.15, 0.2) is 0 Å². The second kappa shape index (κ2) is 7.21. The number of carbonyl (C=O) groups is 1. The van der Waals surface area contributed by atoms with Gasteiger partial charge in [-0.05, 0) is 31.5 Å². The molecule has 0 amide bonds. The number of fused-ring (bicyclic) bond motifs is 1. The molecule has 3 aromatic rings. The maximum Gasteiger partial charge on any atom is 0.345 e. The van der Waals surface area contributed by atoms with E-state index in [0.717, 1.165) is 11.1 Å². The van der Waals surface area contributed by atoms with Crippen LogP contribution in [0, 0.1) is 6.92 Å². The van der Waals surface area contributed by atoms with Crippen molar-refractivity contribution in [3.63, 3.8) is 0 Å². The number of H-pyrrole nitrogens is 1. The van der Waals surface area contributed by atoms with Crippen LogP contribution in [-0.2, 0) is 11.3 Å². The summed E-state index contributed by atoms with van der Waals surface area (Å²) < 4.78 is 5.08. The molecule has 128 valence electrons. The highest BCUT2D eigenvalue weighted by atomic mass is 16.5. The van der Waals surface area contributed by atoms with Gasteiger partial charge in [-0.25, -0.2) is 4.79 Å². The van der Waals surface area contributed by atoms with Gasteiger partial charge in [-0.1, -0.05) is 42.0 Å². The fourth-order valence-corrected chi connectivity index (χ4v) is 2.72. The van der Waals surface area contributed by atoms with Gasteiger partial charge in [-0.3, -0.25) is 4.79 Å². The minimum Gasteiger partial charge on any atom is -0.462 e. The Morgan fingerprint density at radius 3 is 2.64 bits per heavy atom.